The first kappa shape index (κ1) is 11.7. The monoisotopic (exact) mass is 182 g/mol. The first-order valence-corrected chi connectivity index (χ1v) is 7.50. The summed E-state index contributed by atoms with van der Waals surface area (Å²) in [5, 5.41) is 0.454. The number of allylic oxidation sites excluding steroid dienone is 2. The second-order valence-electron chi connectivity index (χ2n) is 4.80. The fourth-order valence-electron chi connectivity index (χ4n) is 1.33. The van der Waals surface area contributed by atoms with E-state index in [9.17, 15) is 0 Å². The summed E-state index contributed by atoms with van der Waals surface area (Å²) in [6.45, 7) is 17.1. The van der Waals surface area contributed by atoms with Crippen LogP contribution in [0.4, 0.5) is 0 Å². The lowest BCUT2D eigenvalue weighted by Gasteiger charge is -2.39. The van der Waals surface area contributed by atoms with E-state index in [-0.39, 0.29) is 0 Å². The molecular formula is C11H22Si. The van der Waals surface area contributed by atoms with Crippen LogP contribution in [0.1, 0.15) is 20.8 Å². The molecule has 0 heterocycles. The highest BCUT2D eigenvalue weighted by atomic mass is 28.3. The van der Waals surface area contributed by atoms with Crippen molar-refractivity contribution in [3.05, 3.63) is 25.3 Å². The predicted molar refractivity (Wildman–Crippen MR) is 61.3 cm³/mol. The summed E-state index contributed by atoms with van der Waals surface area (Å²) in [6, 6.07) is 2.39. The first-order valence-electron chi connectivity index (χ1n) is 4.59. The molecule has 0 aromatic carbocycles. The van der Waals surface area contributed by atoms with E-state index in [1.807, 2.05) is 0 Å². The summed E-state index contributed by atoms with van der Waals surface area (Å²) >= 11 is 0. The van der Waals surface area contributed by atoms with Crippen LogP contribution < -0.4 is 0 Å². The molecule has 0 aliphatic heterocycles. The molecule has 0 atom stereocenters. The molecule has 0 N–H and O–H groups in total. The summed E-state index contributed by atoms with van der Waals surface area (Å²) in [7, 11) is -1.19. The summed E-state index contributed by atoms with van der Waals surface area (Å²) in [5.74, 6) is 0. The molecule has 0 fully saturated rings. The Balaban J connectivity index is 4.59. The van der Waals surface area contributed by atoms with Crippen molar-refractivity contribution in [3.8, 4) is 0 Å². The highest BCUT2D eigenvalue weighted by molar-refractivity contribution is 6.82. The van der Waals surface area contributed by atoms with Gasteiger partial charge in [0.15, 0.2) is 0 Å². The summed E-state index contributed by atoms with van der Waals surface area (Å²) in [4.78, 5) is 0. The Morgan fingerprint density at radius 1 is 1.08 bits per heavy atom. The minimum absolute atomic E-state index is 0.454. The molecule has 0 spiro atoms. The SMILES string of the molecule is C=CC[Si](C)(CC=C)C(C)(C)C. The van der Waals surface area contributed by atoms with Crippen LogP contribution in [0.15, 0.2) is 25.3 Å². The van der Waals surface area contributed by atoms with E-state index in [0.29, 0.717) is 5.04 Å². The van der Waals surface area contributed by atoms with E-state index in [4.69, 9.17) is 0 Å². The molecule has 70 valence electrons. The zero-order valence-corrected chi connectivity index (χ0v) is 9.98. The maximum Gasteiger partial charge on any atom is 0.0633 e. The Morgan fingerprint density at radius 3 is 1.58 bits per heavy atom. The Hall–Kier alpha value is -0.303. The van der Waals surface area contributed by atoms with Crippen LogP contribution >= 0.6 is 0 Å². The van der Waals surface area contributed by atoms with Gasteiger partial charge in [-0.15, -0.1) is 13.2 Å². The van der Waals surface area contributed by atoms with Crippen molar-refractivity contribution in [2.75, 3.05) is 0 Å². The molecule has 0 aliphatic rings. The predicted octanol–water partition coefficient (Wildman–Crippen LogP) is 4.24. The molecule has 0 aliphatic carbocycles. The molecule has 0 nitrogen and oxygen atoms in total. The van der Waals surface area contributed by atoms with E-state index in [1.54, 1.807) is 0 Å². The third kappa shape index (κ3) is 2.63. The lowest BCUT2D eigenvalue weighted by atomic mass is 10.2. The van der Waals surface area contributed by atoms with Gasteiger partial charge in [0.1, 0.15) is 0 Å². The molecule has 0 rings (SSSR count). The van der Waals surface area contributed by atoms with Crippen molar-refractivity contribution in [1.82, 2.24) is 0 Å². The lowest BCUT2D eigenvalue weighted by molar-refractivity contribution is 0.714. The van der Waals surface area contributed by atoms with Gasteiger partial charge in [-0.25, -0.2) is 0 Å². The van der Waals surface area contributed by atoms with Crippen molar-refractivity contribution < 1.29 is 0 Å². The molecule has 0 bridgehead atoms. The third-order valence-corrected chi connectivity index (χ3v) is 9.00. The summed E-state index contributed by atoms with van der Waals surface area (Å²) < 4.78 is 0. The van der Waals surface area contributed by atoms with E-state index in [1.165, 1.54) is 12.1 Å². The second kappa shape index (κ2) is 4.08. The van der Waals surface area contributed by atoms with Crippen LogP contribution in [0, 0.1) is 0 Å². The van der Waals surface area contributed by atoms with E-state index in [2.05, 4.69) is 52.6 Å². The molecule has 0 aromatic heterocycles. The van der Waals surface area contributed by atoms with E-state index in [0.717, 1.165) is 0 Å². The van der Waals surface area contributed by atoms with Gasteiger partial charge in [-0.3, -0.25) is 0 Å². The topological polar surface area (TPSA) is 0 Å². The van der Waals surface area contributed by atoms with Crippen molar-refractivity contribution in [1.29, 1.82) is 0 Å². The highest BCUT2D eigenvalue weighted by Gasteiger charge is 2.36. The Morgan fingerprint density at radius 2 is 1.42 bits per heavy atom. The minimum Gasteiger partial charge on any atom is -0.103 e. The normalized spacial score (nSPS) is 12.7. The minimum atomic E-state index is -1.19. The first-order chi connectivity index (χ1) is 5.37. The van der Waals surface area contributed by atoms with Crippen LogP contribution in [0.2, 0.25) is 23.7 Å². The molecule has 0 saturated heterocycles. The van der Waals surface area contributed by atoms with Gasteiger partial charge in [-0.2, -0.15) is 0 Å². The quantitative estimate of drug-likeness (QED) is 0.451. The van der Waals surface area contributed by atoms with Gasteiger partial charge in [-0.1, -0.05) is 39.5 Å². The van der Waals surface area contributed by atoms with Crippen molar-refractivity contribution in [2.24, 2.45) is 0 Å². The van der Waals surface area contributed by atoms with Crippen LogP contribution in [0.25, 0.3) is 0 Å². The molecule has 12 heavy (non-hydrogen) atoms. The molecule has 0 amide bonds. The van der Waals surface area contributed by atoms with Crippen molar-refractivity contribution >= 4 is 8.07 Å². The number of rotatable bonds is 4. The van der Waals surface area contributed by atoms with Crippen molar-refractivity contribution in [3.63, 3.8) is 0 Å². The molecule has 0 aromatic rings. The second-order valence-corrected chi connectivity index (χ2v) is 10.2. The van der Waals surface area contributed by atoms with Gasteiger partial charge in [0, 0.05) is 0 Å². The highest BCUT2D eigenvalue weighted by Crippen LogP contribution is 2.41. The van der Waals surface area contributed by atoms with Crippen LogP contribution in [0.3, 0.4) is 0 Å². The van der Waals surface area contributed by atoms with Crippen molar-refractivity contribution in [2.45, 2.75) is 44.4 Å². The zero-order chi connectivity index (χ0) is 9.83. The number of hydrogen-bond acceptors (Lipinski definition) is 0. The molecular weight excluding hydrogens is 160 g/mol. The summed E-state index contributed by atoms with van der Waals surface area (Å²) in [5.41, 5.74) is 0. The third-order valence-electron chi connectivity index (χ3n) is 3.00. The van der Waals surface area contributed by atoms with E-state index < -0.39 is 8.07 Å². The Kier molecular flexibility index (Phi) is 3.98. The number of hydrogen-bond donors (Lipinski definition) is 0. The van der Waals surface area contributed by atoms with Crippen LogP contribution in [-0.2, 0) is 0 Å². The lowest BCUT2D eigenvalue weighted by Crippen LogP contribution is -2.39. The fraction of sp³-hybridized carbons (Fsp3) is 0.636. The van der Waals surface area contributed by atoms with Gasteiger partial charge >= 0.3 is 0 Å². The standard InChI is InChI=1S/C11H22Si/c1-7-9-12(6,10-8-2)11(3,4)5/h7-8H,1-2,9-10H2,3-6H3. The smallest absolute Gasteiger partial charge is 0.0633 e. The average Bonchev–Trinajstić information content (AvgIpc) is 1.86. The van der Waals surface area contributed by atoms with Gasteiger partial charge in [0.2, 0.25) is 0 Å². The van der Waals surface area contributed by atoms with Gasteiger partial charge in [0.05, 0.1) is 8.07 Å². The maximum absolute atomic E-state index is 3.84. The zero-order valence-electron chi connectivity index (χ0n) is 8.98. The van der Waals surface area contributed by atoms with Gasteiger partial charge < -0.3 is 0 Å². The summed E-state index contributed by atoms with van der Waals surface area (Å²) in [6.07, 6.45) is 4.14. The van der Waals surface area contributed by atoms with Gasteiger partial charge in [-0.05, 0) is 17.1 Å². The Bertz CT molecular complexity index is 152. The van der Waals surface area contributed by atoms with Crippen LogP contribution in [-0.4, -0.2) is 8.07 Å². The Labute approximate surface area is 78.4 Å². The van der Waals surface area contributed by atoms with E-state index >= 15 is 0 Å². The average molecular weight is 182 g/mol. The molecule has 0 saturated carbocycles. The maximum atomic E-state index is 3.84. The fourth-order valence-corrected chi connectivity index (χ4v) is 4.00. The molecule has 0 unspecified atom stereocenters. The largest absolute Gasteiger partial charge is 0.103 e. The molecule has 1 heteroatoms. The molecule has 0 radical (unpaired) electrons. The van der Waals surface area contributed by atoms with Crippen LogP contribution in [0.5, 0.6) is 0 Å². The van der Waals surface area contributed by atoms with Gasteiger partial charge in [0.25, 0.3) is 0 Å².